The molecule has 0 atom stereocenters. The number of esters is 1. The van der Waals surface area contributed by atoms with Gasteiger partial charge in [0.15, 0.2) is 5.65 Å². The molecule has 2 heterocycles. The van der Waals surface area contributed by atoms with Crippen molar-refractivity contribution in [2.24, 2.45) is 0 Å². The molecule has 0 aliphatic heterocycles. The van der Waals surface area contributed by atoms with E-state index < -0.39 is 5.97 Å². The molecule has 1 N–H and O–H groups in total. The van der Waals surface area contributed by atoms with Gasteiger partial charge >= 0.3 is 5.97 Å². The lowest BCUT2D eigenvalue weighted by molar-refractivity contribution is 0.0523. The third-order valence-corrected chi connectivity index (χ3v) is 2.38. The van der Waals surface area contributed by atoms with Crippen LogP contribution in [0.2, 0.25) is 0 Å². The molecule has 0 amide bonds. The summed E-state index contributed by atoms with van der Waals surface area (Å²) in [5, 5.41) is 10.4. The highest BCUT2D eigenvalue weighted by molar-refractivity contribution is 5.98. The summed E-state index contributed by atoms with van der Waals surface area (Å²) in [5.41, 5.74) is 0.330. The minimum Gasteiger partial charge on any atom is -0.506 e. The van der Waals surface area contributed by atoms with Crippen molar-refractivity contribution in [1.29, 1.82) is 0 Å². The van der Waals surface area contributed by atoms with Crippen LogP contribution in [0.3, 0.4) is 0 Å². The van der Waals surface area contributed by atoms with Crippen LogP contribution >= 0.6 is 0 Å². The highest BCUT2D eigenvalue weighted by Crippen LogP contribution is 2.27. The summed E-state index contributed by atoms with van der Waals surface area (Å²) < 4.78 is 9.77. The second-order valence-electron chi connectivity index (χ2n) is 3.47. The number of ether oxygens (including phenoxy) is 2. The normalized spacial score (nSPS) is 10.3. The number of methoxy groups -OCH3 is 1. The zero-order valence-electron chi connectivity index (χ0n) is 10.0. The van der Waals surface area contributed by atoms with Crippen molar-refractivity contribution in [1.82, 2.24) is 9.97 Å². The Bertz CT molecular complexity index is 598. The number of carbonyl (C=O) groups is 1. The highest BCUT2D eigenvalue weighted by atomic mass is 16.5. The van der Waals surface area contributed by atoms with Gasteiger partial charge in [-0.1, -0.05) is 0 Å². The van der Waals surface area contributed by atoms with Crippen molar-refractivity contribution in [3.05, 3.63) is 23.9 Å². The van der Waals surface area contributed by atoms with E-state index in [1.54, 1.807) is 19.1 Å². The fourth-order valence-electron chi connectivity index (χ4n) is 1.52. The second kappa shape index (κ2) is 4.87. The number of rotatable bonds is 3. The maximum Gasteiger partial charge on any atom is 0.343 e. The molecule has 0 fully saturated rings. The summed E-state index contributed by atoms with van der Waals surface area (Å²) in [6, 6.07) is 3.17. The molecule has 0 aliphatic rings. The van der Waals surface area contributed by atoms with Gasteiger partial charge in [-0.15, -0.1) is 0 Å². The number of carbonyl (C=O) groups excluding carboxylic acids is 1. The molecule has 2 aromatic heterocycles. The van der Waals surface area contributed by atoms with Gasteiger partial charge in [-0.2, -0.15) is 4.98 Å². The molecular weight excluding hydrogens is 236 g/mol. The largest absolute Gasteiger partial charge is 0.506 e. The molecule has 0 radical (unpaired) electrons. The van der Waals surface area contributed by atoms with Crippen molar-refractivity contribution < 1.29 is 19.4 Å². The SMILES string of the molecule is CCOC(=O)c1cnc2nc(OC)ccc2c1O. The smallest absolute Gasteiger partial charge is 0.343 e. The summed E-state index contributed by atoms with van der Waals surface area (Å²) in [5.74, 6) is -0.410. The molecule has 0 saturated heterocycles. The van der Waals surface area contributed by atoms with Crippen LogP contribution in [-0.4, -0.2) is 34.8 Å². The first kappa shape index (κ1) is 12.1. The summed E-state index contributed by atoms with van der Waals surface area (Å²) in [6.07, 6.45) is 1.24. The van der Waals surface area contributed by atoms with Gasteiger partial charge in [0.25, 0.3) is 0 Å². The van der Waals surface area contributed by atoms with E-state index in [4.69, 9.17) is 9.47 Å². The fraction of sp³-hybridized carbons (Fsp3) is 0.250. The fourth-order valence-corrected chi connectivity index (χ4v) is 1.52. The molecule has 6 nitrogen and oxygen atoms in total. The summed E-state index contributed by atoms with van der Waals surface area (Å²) in [7, 11) is 1.49. The Morgan fingerprint density at radius 2 is 2.22 bits per heavy atom. The quantitative estimate of drug-likeness (QED) is 0.829. The van der Waals surface area contributed by atoms with E-state index in [-0.39, 0.29) is 17.9 Å². The molecule has 0 aromatic carbocycles. The number of aromatic hydroxyl groups is 1. The Morgan fingerprint density at radius 1 is 1.44 bits per heavy atom. The number of hydrogen-bond acceptors (Lipinski definition) is 6. The van der Waals surface area contributed by atoms with Crippen LogP contribution in [-0.2, 0) is 4.74 Å². The molecule has 2 aromatic rings. The number of hydrogen-bond donors (Lipinski definition) is 1. The molecule has 0 aliphatic carbocycles. The zero-order chi connectivity index (χ0) is 13.1. The Labute approximate surface area is 103 Å². The van der Waals surface area contributed by atoms with Crippen molar-refractivity contribution in [3.63, 3.8) is 0 Å². The van der Waals surface area contributed by atoms with E-state index in [1.165, 1.54) is 13.3 Å². The molecule has 0 unspecified atom stereocenters. The van der Waals surface area contributed by atoms with Crippen LogP contribution in [0.15, 0.2) is 18.3 Å². The van der Waals surface area contributed by atoms with Crippen molar-refractivity contribution >= 4 is 17.0 Å². The lowest BCUT2D eigenvalue weighted by atomic mass is 10.2. The Kier molecular flexibility index (Phi) is 3.27. The molecule has 0 bridgehead atoms. The van der Waals surface area contributed by atoms with Crippen LogP contribution in [0.25, 0.3) is 11.0 Å². The van der Waals surface area contributed by atoms with E-state index >= 15 is 0 Å². The minimum absolute atomic E-state index is 0.0244. The van der Waals surface area contributed by atoms with Gasteiger partial charge in [0.1, 0.15) is 11.3 Å². The number of aromatic nitrogens is 2. The van der Waals surface area contributed by atoms with Crippen LogP contribution in [0.1, 0.15) is 17.3 Å². The predicted molar refractivity (Wildman–Crippen MR) is 63.7 cm³/mol. The van der Waals surface area contributed by atoms with Gasteiger partial charge in [0.2, 0.25) is 5.88 Å². The first-order chi connectivity index (χ1) is 8.67. The summed E-state index contributed by atoms with van der Waals surface area (Å²) in [4.78, 5) is 19.6. The van der Waals surface area contributed by atoms with E-state index in [1.807, 2.05) is 0 Å². The molecular formula is C12H12N2O4. The number of nitrogens with zero attached hydrogens (tertiary/aromatic N) is 2. The van der Waals surface area contributed by atoms with Gasteiger partial charge in [0.05, 0.1) is 19.1 Å². The van der Waals surface area contributed by atoms with Crippen LogP contribution < -0.4 is 4.74 Å². The Morgan fingerprint density at radius 3 is 2.89 bits per heavy atom. The second-order valence-corrected chi connectivity index (χ2v) is 3.47. The third-order valence-electron chi connectivity index (χ3n) is 2.38. The summed E-state index contributed by atoms with van der Waals surface area (Å²) >= 11 is 0. The van der Waals surface area contributed by atoms with Crippen molar-refractivity contribution in [2.45, 2.75) is 6.92 Å². The standard InChI is InChI=1S/C12H12N2O4/c1-3-18-12(16)8-6-13-11-7(10(8)15)4-5-9(14-11)17-2/h4-6H,3H2,1-2H3,(H,13,14,15). The predicted octanol–water partition coefficient (Wildman–Crippen LogP) is 1.52. The first-order valence-electron chi connectivity index (χ1n) is 5.37. The minimum atomic E-state index is -0.611. The van der Waals surface area contributed by atoms with Gasteiger partial charge in [-0.05, 0) is 13.0 Å². The Hall–Kier alpha value is -2.37. The van der Waals surface area contributed by atoms with Crippen molar-refractivity contribution in [2.75, 3.05) is 13.7 Å². The summed E-state index contributed by atoms with van der Waals surface area (Å²) in [6.45, 7) is 1.92. The highest BCUT2D eigenvalue weighted by Gasteiger charge is 2.16. The maximum absolute atomic E-state index is 11.6. The monoisotopic (exact) mass is 248 g/mol. The molecule has 6 heteroatoms. The van der Waals surface area contributed by atoms with Crippen LogP contribution in [0.5, 0.6) is 11.6 Å². The molecule has 18 heavy (non-hydrogen) atoms. The van der Waals surface area contributed by atoms with E-state index in [0.717, 1.165) is 0 Å². The van der Waals surface area contributed by atoms with E-state index in [0.29, 0.717) is 16.9 Å². The van der Waals surface area contributed by atoms with Gasteiger partial charge in [0, 0.05) is 12.3 Å². The average molecular weight is 248 g/mol. The maximum atomic E-state index is 11.6. The zero-order valence-corrected chi connectivity index (χ0v) is 10.0. The van der Waals surface area contributed by atoms with E-state index in [2.05, 4.69) is 9.97 Å². The lowest BCUT2D eigenvalue weighted by Crippen LogP contribution is -2.06. The topological polar surface area (TPSA) is 81.5 Å². The van der Waals surface area contributed by atoms with E-state index in [9.17, 15) is 9.90 Å². The van der Waals surface area contributed by atoms with Gasteiger partial charge < -0.3 is 14.6 Å². The molecule has 94 valence electrons. The third kappa shape index (κ3) is 2.04. The lowest BCUT2D eigenvalue weighted by Gasteiger charge is -2.07. The van der Waals surface area contributed by atoms with Gasteiger partial charge in [-0.3, -0.25) is 0 Å². The molecule has 0 spiro atoms. The van der Waals surface area contributed by atoms with Crippen LogP contribution in [0, 0.1) is 0 Å². The molecule has 2 rings (SSSR count). The van der Waals surface area contributed by atoms with Crippen LogP contribution in [0.4, 0.5) is 0 Å². The first-order valence-corrected chi connectivity index (χ1v) is 5.37. The number of fused-ring (bicyclic) bond motifs is 1. The Balaban J connectivity index is 2.54. The van der Waals surface area contributed by atoms with Gasteiger partial charge in [-0.25, -0.2) is 9.78 Å². The average Bonchev–Trinajstić information content (AvgIpc) is 2.38. The number of pyridine rings is 2. The van der Waals surface area contributed by atoms with Crippen molar-refractivity contribution in [3.8, 4) is 11.6 Å². The molecule has 0 saturated carbocycles.